The molecule has 5 heteroatoms. The zero-order valence-electron chi connectivity index (χ0n) is 13.2. The summed E-state index contributed by atoms with van der Waals surface area (Å²) in [5.74, 6) is 0.603. The fraction of sp³-hybridized carbons (Fsp3) is 0.688. The van der Waals surface area contributed by atoms with Gasteiger partial charge in [0.15, 0.2) is 0 Å². The molecule has 2 rings (SSSR count). The lowest BCUT2D eigenvalue weighted by molar-refractivity contribution is 0.0525. The number of hydrogen-bond donors (Lipinski definition) is 1. The van der Waals surface area contributed by atoms with Crippen molar-refractivity contribution in [1.82, 2.24) is 10.3 Å². The van der Waals surface area contributed by atoms with Gasteiger partial charge in [-0.1, -0.05) is 13.8 Å². The molecule has 1 aliphatic rings. The Morgan fingerprint density at radius 3 is 3.05 bits per heavy atom. The maximum absolute atomic E-state index is 13.5. The van der Waals surface area contributed by atoms with Crippen LogP contribution in [0.2, 0.25) is 0 Å². The molecule has 2 heterocycles. The van der Waals surface area contributed by atoms with E-state index in [4.69, 9.17) is 4.74 Å². The molecule has 1 atom stereocenters. The molecule has 1 aromatic heterocycles. The van der Waals surface area contributed by atoms with E-state index in [1.165, 1.54) is 6.20 Å². The third-order valence-electron chi connectivity index (χ3n) is 3.69. The maximum Gasteiger partial charge on any atom is 0.141 e. The van der Waals surface area contributed by atoms with Gasteiger partial charge in [-0.15, -0.1) is 0 Å². The van der Waals surface area contributed by atoms with Crippen molar-refractivity contribution in [2.75, 3.05) is 24.6 Å². The van der Waals surface area contributed by atoms with Crippen LogP contribution in [0.1, 0.15) is 39.2 Å². The zero-order valence-corrected chi connectivity index (χ0v) is 13.2. The van der Waals surface area contributed by atoms with Crippen molar-refractivity contribution in [3.63, 3.8) is 0 Å². The molecule has 1 aromatic rings. The van der Waals surface area contributed by atoms with E-state index >= 15 is 0 Å². The first-order valence-electron chi connectivity index (χ1n) is 7.84. The van der Waals surface area contributed by atoms with Crippen LogP contribution in [0, 0.1) is 5.82 Å². The first-order valence-corrected chi connectivity index (χ1v) is 7.84. The number of ether oxygens (including phenoxy) is 1. The number of anilines is 1. The number of piperidine rings is 1. The minimum Gasteiger partial charge on any atom is -0.377 e. The summed E-state index contributed by atoms with van der Waals surface area (Å²) < 4.78 is 19.2. The molecular formula is C16H26FN3O. The van der Waals surface area contributed by atoms with E-state index in [9.17, 15) is 4.39 Å². The molecule has 1 unspecified atom stereocenters. The highest BCUT2D eigenvalue weighted by atomic mass is 19.1. The monoisotopic (exact) mass is 295 g/mol. The van der Waals surface area contributed by atoms with E-state index in [1.807, 2.05) is 6.92 Å². The second-order valence-electron chi connectivity index (χ2n) is 5.84. The van der Waals surface area contributed by atoms with Crippen LogP contribution in [0.5, 0.6) is 0 Å². The largest absolute Gasteiger partial charge is 0.377 e. The van der Waals surface area contributed by atoms with Gasteiger partial charge in [-0.05, 0) is 25.8 Å². The Hall–Kier alpha value is -1.20. The van der Waals surface area contributed by atoms with Crippen LogP contribution in [-0.4, -0.2) is 36.8 Å². The molecule has 118 valence electrons. The van der Waals surface area contributed by atoms with Gasteiger partial charge in [-0.25, -0.2) is 9.37 Å². The average Bonchev–Trinajstić information content (AvgIpc) is 2.46. The molecule has 0 aromatic carbocycles. The fourth-order valence-electron chi connectivity index (χ4n) is 2.71. The highest BCUT2D eigenvalue weighted by Crippen LogP contribution is 2.23. The number of nitrogens with zero attached hydrogens (tertiary/aromatic N) is 2. The van der Waals surface area contributed by atoms with Crippen molar-refractivity contribution < 1.29 is 9.13 Å². The molecule has 1 fully saturated rings. The zero-order chi connectivity index (χ0) is 15.2. The van der Waals surface area contributed by atoms with Crippen LogP contribution >= 0.6 is 0 Å². The van der Waals surface area contributed by atoms with Crippen molar-refractivity contribution in [2.24, 2.45) is 0 Å². The van der Waals surface area contributed by atoms with Crippen molar-refractivity contribution in [2.45, 2.75) is 52.3 Å². The van der Waals surface area contributed by atoms with E-state index in [0.717, 1.165) is 43.9 Å². The topological polar surface area (TPSA) is 37.4 Å². The molecule has 4 nitrogen and oxygen atoms in total. The minimum absolute atomic E-state index is 0.251. The SMILES string of the molecule is CCOC1CCCN(c2ncc(F)cc2CNC(C)C)C1. The molecule has 0 aliphatic carbocycles. The van der Waals surface area contributed by atoms with Gasteiger partial charge in [-0.3, -0.25) is 0 Å². The Bertz CT molecular complexity index is 451. The quantitative estimate of drug-likeness (QED) is 0.875. The van der Waals surface area contributed by atoms with Crippen LogP contribution in [0.15, 0.2) is 12.3 Å². The summed E-state index contributed by atoms with van der Waals surface area (Å²) in [6.45, 7) is 9.34. The Kier molecular flexibility index (Phi) is 5.94. The van der Waals surface area contributed by atoms with Gasteiger partial charge in [-0.2, -0.15) is 0 Å². The van der Waals surface area contributed by atoms with Crippen LogP contribution in [-0.2, 0) is 11.3 Å². The molecule has 0 bridgehead atoms. The van der Waals surface area contributed by atoms with Crippen molar-refractivity contribution in [3.8, 4) is 0 Å². The van der Waals surface area contributed by atoms with E-state index < -0.39 is 0 Å². The maximum atomic E-state index is 13.5. The van der Waals surface area contributed by atoms with Gasteiger partial charge in [0.2, 0.25) is 0 Å². The summed E-state index contributed by atoms with van der Waals surface area (Å²) in [4.78, 5) is 6.55. The molecule has 0 spiro atoms. The molecular weight excluding hydrogens is 269 g/mol. The van der Waals surface area contributed by atoms with Gasteiger partial charge < -0.3 is 15.0 Å². The number of halogens is 1. The number of hydrogen-bond acceptors (Lipinski definition) is 4. The molecule has 1 aliphatic heterocycles. The van der Waals surface area contributed by atoms with E-state index in [-0.39, 0.29) is 11.9 Å². The van der Waals surface area contributed by atoms with Gasteiger partial charge >= 0.3 is 0 Å². The second-order valence-corrected chi connectivity index (χ2v) is 5.84. The lowest BCUT2D eigenvalue weighted by Crippen LogP contribution is -2.41. The summed E-state index contributed by atoms with van der Waals surface area (Å²) in [5, 5.41) is 3.34. The minimum atomic E-state index is -0.280. The smallest absolute Gasteiger partial charge is 0.141 e. The first kappa shape index (κ1) is 16.2. The molecule has 1 saturated heterocycles. The summed E-state index contributed by atoms with van der Waals surface area (Å²) in [6, 6.07) is 1.95. The Balaban J connectivity index is 2.13. The fourth-order valence-corrected chi connectivity index (χ4v) is 2.71. The molecule has 0 saturated carbocycles. The van der Waals surface area contributed by atoms with Crippen LogP contribution in [0.4, 0.5) is 10.2 Å². The molecule has 21 heavy (non-hydrogen) atoms. The Morgan fingerprint density at radius 1 is 1.52 bits per heavy atom. The third-order valence-corrected chi connectivity index (χ3v) is 3.69. The van der Waals surface area contributed by atoms with Crippen molar-refractivity contribution >= 4 is 5.82 Å². The van der Waals surface area contributed by atoms with E-state index in [0.29, 0.717) is 12.6 Å². The Labute approximate surface area is 126 Å². The van der Waals surface area contributed by atoms with Crippen LogP contribution < -0.4 is 10.2 Å². The highest BCUT2D eigenvalue weighted by molar-refractivity contribution is 5.47. The van der Waals surface area contributed by atoms with Crippen LogP contribution in [0.3, 0.4) is 0 Å². The predicted molar refractivity (Wildman–Crippen MR) is 83.0 cm³/mol. The lowest BCUT2D eigenvalue weighted by atomic mass is 10.1. The molecule has 1 N–H and O–H groups in total. The number of aromatic nitrogens is 1. The van der Waals surface area contributed by atoms with Crippen molar-refractivity contribution in [1.29, 1.82) is 0 Å². The standard InChI is InChI=1S/C16H26FN3O/c1-4-21-15-6-5-7-20(11-15)16-13(9-18-12(2)3)8-14(17)10-19-16/h8,10,12,15,18H,4-7,9,11H2,1-3H3. The van der Waals surface area contributed by atoms with Gasteiger partial charge in [0.25, 0.3) is 0 Å². The van der Waals surface area contributed by atoms with Crippen LogP contribution in [0.25, 0.3) is 0 Å². The normalized spacial score (nSPS) is 19.3. The number of pyridine rings is 1. The van der Waals surface area contributed by atoms with E-state index in [2.05, 4.69) is 29.0 Å². The predicted octanol–water partition coefficient (Wildman–Crippen LogP) is 2.72. The Morgan fingerprint density at radius 2 is 2.33 bits per heavy atom. The van der Waals surface area contributed by atoms with E-state index in [1.54, 1.807) is 6.07 Å². The highest BCUT2D eigenvalue weighted by Gasteiger charge is 2.23. The summed E-state index contributed by atoms with van der Waals surface area (Å²) in [7, 11) is 0. The first-order chi connectivity index (χ1) is 10.1. The number of nitrogens with one attached hydrogen (secondary N) is 1. The molecule has 0 radical (unpaired) electrons. The van der Waals surface area contributed by atoms with Crippen molar-refractivity contribution in [3.05, 3.63) is 23.6 Å². The van der Waals surface area contributed by atoms with Gasteiger partial charge in [0.05, 0.1) is 12.3 Å². The van der Waals surface area contributed by atoms with Gasteiger partial charge in [0, 0.05) is 37.8 Å². The third kappa shape index (κ3) is 4.64. The van der Waals surface area contributed by atoms with Gasteiger partial charge in [0.1, 0.15) is 11.6 Å². The summed E-state index contributed by atoms with van der Waals surface area (Å²) in [5.41, 5.74) is 0.917. The summed E-state index contributed by atoms with van der Waals surface area (Å²) >= 11 is 0. The lowest BCUT2D eigenvalue weighted by Gasteiger charge is -2.34. The average molecular weight is 295 g/mol. The molecule has 0 amide bonds. The number of rotatable bonds is 6. The summed E-state index contributed by atoms with van der Waals surface area (Å²) in [6.07, 6.45) is 3.73. The second kappa shape index (κ2) is 7.71.